The van der Waals surface area contributed by atoms with E-state index in [0.717, 1.165) is 16.6 Å². The van der Waals surface area contributed by atoms with Crippen LogP contribution in [-0.4, -0.2) is 20.9 Å². The van der Waals surface area contributed by atoms with Crippen LogP contribution in [0, 0.1) is 0 Å². The zero-order valence-electron chi connectivity index (χ0n) is 12.1. The van der Waals surface area contributed by atoms with Gasteiger partial charge in [-0.15, -0.1) is 12.4 Å². The minimum Gasteiger partial charge on any atom is -0.368 e. The summed E-state index contributed by atoms with van der Waals surface area (Å²) in [6, 6.07) is 16.4. The third-order valence-corrected chi connectivity index (χ3v) is 3.57. The third kappa shape index (κ3) is 2.62. The first-order chi connectivity index (χ1) is 10.8. The molecule has 0 atom stereocenters. The van der Waals surface area contributed by atoms with E-state index in [0.29, 0.717) is 0 Å². The van der Waals surface area contributed by atoms with Gasteiger partial charge in [0, 0.05) is 28.7 Å². The number of aromatic nitrogens is 3. The summed E-state index contributed by atoms with van der Waals surface area (Å²) >= 11 is 0. The summed E-state index contributed by atoms with van der Waals surface area (Å²) in [6.45, 7) is 0. The largest absolute Gasteiger partial charge is 0.368 e. The lowest BCUT2D eigenvalue weighted by molar-refractivity contribution is 0.974. The summed E-state index contributed by atoms with van der Waals surface area (Å²) in [5.74, 6) is 0.258. The van der Waals surface area contributed by atoms with Gasteiger partial charge in [-0.25, -0.2) is 14.6 Å². The van der Waals surface area contributed by atoms with Gasteiger partial charge in [0.25, 0.3) is 0 Å². The Bertz CT molecular complexity index is 936. The summed E-state index contributed by atoms with van der Waals surface area (Å²) in [7, 11) is 0. The zero-order chi connectivity index (χ0) is 14.9. The van der Waals surface area contributed by atoms with Gasteiger partial charge in [-0.2, -0.15) is 5.10 Å². The topological polar surface area (TPSA) is 69.1 Å². The number of nitrogens with two attached hydrogens (primary N) is 1. The lowest BCUT2D eigenvalue weighted by Crippen LogP contribution is -1.96. The van der Waals surface area contributed by atoms with E-state index >= 15 is 0 Å². The number of fused-ring (bicyclic) bond motifs is 3. The average Bonchev–Trinajstić information content (AvgIpc) is 2.89. The molecule has 4 aromatic rings. The van der Waals surface area contributed by atoms with Crippen LogP contribution in [0.5, 0.6) is 0 Å². The predicted molar refractivity (Wildman–Crippen MR) is 96.1 cm³/mol. The van der Waals surface area contributed by atoms with Crippen molar-refractivity contribution in [3.05, 3.63) is 66.5 Å². The van der Waals surface area contributed by atoms with Gasteiger partial charge in [0.1, 0.15) is 0 Å². The van der Waals surface area contributed by atoms with E-state index in [-0.39, 0.29) is 18.4 Å². The Morgan fingerprint density at radius 3 is 1.96 bits per heavy atom. The standard InChI is InChI=1S/C17H13N5.ClH/c18-17-19-9-12(10-20-17)11-21-22-15-7-3-1-5-13(15)14-6-2-4-8-16(14)22;/h1-11H,(H2,18,19,20);1H. The van der Waals surface area contributed by atoms with Crippen molar-refractivity contribution >= 4 is 46.4 Å². The Labute approximate surface area is 138 Å². The maximum atomic E-state index is 5.49. The molecule has 0 aliphatic rings. The van der Waals surface area contributed by atoms with Crippen molar-refractivity contribution in [2.24, 2.45) is 5.10 Å². The molecule has 0 unspecified atom stereocenters. The predicted octanol–water partition coefficient (Wildman–Crippen LogP) is 3.47. The Morgan fingerprint density at radius 1 is 0.870 bits per heavy atom. The number of hydrogen-bond donors (Lipinski definition) is 1. The highest BCUT2D eigenvalue weighted by Crippen LogP contribution is 2.28. The SMILES string of the molecule is Cl.Nc1ncc(C=Nn2c3ccccc3c3ccccc32)cn1. The fraction of sp³-hybridized carbons (Fsp3) is 0. The normalized spacial score (nSPS) is 11.1. The number of rotatable bonds is 2. The second-order valence-corrected chi connectivity index (χ2v) is 4.97. The molecular formula is C17H14ClN5. The van der Waals surface area contributed by atoms with Gasteiger partial charge >= 0.3 is 0 Å². The Kier molecular flexibility index (Phi) is 3.95. The minimum atomic E-state index is 0. The molecule has 0 aliphatic heterocycles. The van der Waals surface area contributed by atoms with E-state index in [2.05, 4.69) is 39.3 Å². The molecule has 2 N–H and O–H groups in total. The van der Waals surface area contributed by atoms with Crippen LogP contribution in [0.25, 0.3) is 21.8 Å². The number of halogens is 1. The summed E-state index contributed by atoms with van der Waals surface area (Å²) in [5.41, 5.74) is 8.43. The molecule has 0 radical (unpaired) electrons. The molecule has 6 heteroatoms. The molecule has 0 bridgehead atoms. The van der Waals surface area contributed by atoms with Gasteiger partial charge in [-0.1, -0.05) is 36.4 Å². The molecule has 2 heterocycles. The van der Waals surface area contributed by atoms with Crippen molar-refractivity contribution < 1.29 is 0 Å². The molecule has 5 nitrogen and oxygen atoms in total. The smallest absolute Gasteiger partial charge is 0.219 e. The molecule has 2 aromatic heterocycles. The van der Waals surface area contributed by atoms with Crippen LogP contribution in [0.4, 0.5) is 5.95 Å². The monoisotopic (exact) mass is 323 g/mol. The number of nitrogen functional groups attached to an aromatic ring is 1. The highest BCUT2D eigenvalue weighted by molar-refractivity contribution is 6.08. The maximum absolute atomic E-state index is 5.49. The van der Waals surface area contributed by atoms with E-state index in [4.69, 9.17) is 5.73 Å². The van der Waals surface area contributed by atoms with Gasteiger partial charge in [0.05, 0.1) is 17.2 Å². The van der Waals surface area contributed by atoms with Crippen LogP contribution < -0.4 is 5.73 Å². The van der Waals surface area contributed by atoms with E-state index in [1.54, 1.807) is 18.6 Å². The van der Waals surface area contributed by atoms with Crippen LogP contribution in [0.2, 0.25) is 0 Å². The Hall–Kier alpha value is -2.92. The van der Waals surface area contributed by atoms with Crippen molar-refractivity contribution in [1.82, 2.24) is 14.6 Å². The van der Waals surface area contributed by atoms with E-state index in [1.807, 2.05) is 28.9 Å². The molecule has 0 fully saturated rings. The quantitative estimate of drug-likeness (QED) is 0.574. The Morgan fingerprint density at radius 2 is 1.39 bits per heavy atom. The molecule has 0 amide bonds. The second kappa shape index (κ2) is 6.06. The molecule has 4 rings (SSSR count). The Balaban J connectivity index is 0.00000156. The molecule has 0 saturated carbocycles. The van der Waals surface area contributed by atoms with Gasteiger partial charge in [0.2, 0.25) is 5.95 Å². The van der Waals surface area contributed by atoms with E-state index in [9.17, 15) is 0 Å². The first-order valence-electron chi connectivity index (χ1n) is 6.93. The van der Waals surface area contributed by atoms with Crippen molar-refractivity contribution in [2.75, 3.05) is 5.73 Å². The van der Waals surface area contributed by atoms with Crippen LogP contribution in [0.3, 0.4) is 0 Å². The fourth-order valence-electron chi connectivity index (χ4n) is 2.57. The number of benzene rings is 2. The van der Waals surface area contributed by atoms with Crippen LogP contribution in [0.1, 0.15) is 5.56 Å². The number of para-hydroxylation sites is 2. The van der Waals surface area contributed by atoms with Crippen LogP contribution in [-0.2, 0) is 0 Å². The third-order valence-electron chi connectivity index (χ3n) is 3.57. The molecule has 23 heavy (non-hydrogen) atoms. The first-order valence-corrected chi connectivity index (χ1v) is 6.93. The highest BCUT2D eigenvalue weighted by Gasteiger charge is 2.08. The second-order valence-electron chi connectivity index (χ2n) is 4.97. The molecule has 114 valence electrons. The summed E-state index contributed by atoms with van der Waals surface area (Å²) in [6.07, 6.45) is 5.04. The van der Waals surface area contributed by atoms with Crippen molar-refractivity contribution in [2.45, 2.75) is 0 Å². The van der Waals surface area contributed by atoms with Crippen LogP contribution >= 0.6 is 12.4 Å². The van der Waals surface area contributed by atoms with Crippen molar-refractivity contribution in [3.63, 3.8) is 0 Å². The molecule has 0 aliphatic carbocycles. The fourth-order valence-corrected chi connectivity index (χ4v) is 2.57. The first kappa shape index (κ1) is 15.0. The van der Waals surface area contributed by atoms with Crippen molar-refractivity contribution in [1.29, 1.82) is 0 Å². The van der Waals surface area contributed by atoms with Gasteiger partial charge < -0.3 is 5.73 Å². The summed E-state index contributed by atoms with van der Waals surface area (Å²) in [4.78, 5) is 7.94. The molecule has 0 saturated heterocycles. The van der Waals surface area contributed by atoms with E-state index < -0.39 is 0 Å². The maximum Gasteiger partial charge on any atom is 0.219 e. The lowest BCUT2D eigenvalue weighted by Gasteiger charge is -1.99. The van der Waals surface area contributed by atoms with E-state index in [1.165, 1.54) is 10.8 Å². The van der Waals surface area contributed by atoms with Crippen molar-refractivity contribution in [3.8, 4) is 0 Å². The lowest BCUT2D eigenvalue weighted by atomic mass is 10.2. The molecule has 2 aromatic carbocycles. The van der Waals surface area contributed by atoms with Gasteiger partial charge in [0.15, 0.2) is 0 Å². The van der Waals surface area contributed by atoms with Gasteiger partial charge in [-0.05, 0) is 12.1 Å². The zero-order valence-corrected chi connectivity index (χ0v) is 12.9. The molecule has 0 spiro atoms. The number of anilines is 1. The highest BCUT2D eigenvalue weighted by atomic mass is 35.5. The van der Waals surface area contributed by atoms with Crippen LogP contribution in [0.15, 0.2) is 66.0 Å². The summed E-state index contributed by atoms with van der Waals surface area (Å²) < 4.78 is 1.93. The average molecular weight is 324 g/mol. The summed E-state index contributed by atoms with van der Waals surface area (Å²) in [5, 5.41) is 6.96. The number of nitrogens with zero attached hydrogens (tertiary/aromatic N) is 4. The molecular weight excluding hydrogens is 310 g/mol. The number of hydrogen-bond acceptors (Lipinski definition) is 4. The van der Waals surface area contributed by atoms with Gasteiger partial charge in [-0.3, -0.25) is 0 Å². The minimum absolute atomic E-state index is 0.